The van der Waals surface area contributed by atoms with Crippen LogP contribution in [0.15, 0.2) is 18.2 Å². The molecule has 1 aliphatic carbocycles. The number of carbonyl (C=O) groups is 2. The number of rotatable bonds is 3. The Morgan fingerprint density at radius 1 is 0.962 bits per heavy atom. The number of amides is 2. The molecule has 2 aliphatic heterocycles. The summed E-state index contributed by atoms with van der Waals surface area (Å²) < 4.78 is 10.6. The zero-order valence-electron chi connectivity index (χ0n) is 15.0. The topological polar surface area (TPSA) is 67.9 Å². The van der Waals surface area contributed by atoms with Gasteiger partial charge in [0.05, 0.1) is 0 Å². The van der Waals surface area contributed by atoms with Crippen molar-refractivity contribution in [1.82, 2.24) is 10.2 Å². The van der Waals surface area contributed by atoms with Crippen LogP contribution < -0.4 is 14.8 Å². The first-order chi connectivity index (χ1) is 12.7. The highest BCUT2D eigenvalue weighted by molar-refractivity contribution is 5.95. The molecule has 1 aromatic rings. The number of hydrogen-bond acceptors (Lipinski definition) is 4. The second-order valence-electron chi connectivity index (χ2n) is 7.48. The lowest BCUT2D eigenvalue weighted by Crippen LogP contribution is -2.48. The molecule has 6 nitrogen and oxygen atoms in total. The fourth-order valence-electron chi connectivity index (χ4n) is 4.16. The molecular weight excluding hydrogens is 332 g/mol. The number of benzene rings is 1. The molecule has 1 N–H and O–H groups in total. The first kappa shape index (κ1) is 17.2. The van der Waals surface area contributed by atoms with Crippen LogP contribution in [0.2, 0.25) is 0 Å². The fraction of sp³-hybridized carbons (Fsp3) is 0.600. The molecule has 3 aliphatic rings. The molecule has 2 amide bonds. The second-order valence-corrected chi connectivity index (χ2v) is 7.48. The van der Waals surface area contributed by atoms with Crippen molar-refractivity contribution in [2.24, 2.45) is 5.92 Å². The van der Waals surface area contributed by atoms with Crippen LogP contribution in [-0.2, 0) is 4.79 Å². The summed E-state index contributed by atoms with van der Waals surface area (Å²) in [6, 6.07) is 5.36. The molecule has 0 spiro atoms. The van der Waals surface area contributed by atoms with E-state index >= 15 is 0 Å². The van der Waals surface area contributed by atoms with Gasteiger partial charge in [-0.1, -0.05) is 19.3 Å². The van der Waals surface area contributed by atoms with E-state index in [4.69, 9.17) is 9.47 Å². The van der Waals surface area contributed by atoms with Gasteiger partial charge in [0, 0.05) is 30.6 Å². The molecule has 0 aromatic heterocycles. The van der Waals surface area contributed by atoms with E-state index < -0.39 is 0 Å². The highest BCUT2D eigenvalue weighted by atomic mass is 16.7. The van der Waals surface area contributed by atoms with Crippen molar-refractivity contribution in [3.63, 3.8) is 0 Å². The summed E-state index contributed by atoms with van der Waals surface area (Å²) in [5, 5.41) is 3.09. The fourth-order valence-corrected chi connectivity index (χ4v) is 4.16. The third kappa shape index (κ3) is 3.64. The van der Waals surface area contributed by atoms with Crippen molar-refractivity contribution >= 4 is 11.8 Å². The Kier molecular flexibility index (Phi) is 5.00. The van der Waals surface area contributed by atoms with Gasteiger partial charge in [0.15, 0.2) is 11.5 Å². The molecule has 0 unspecified atom stereocenters. The van der Waals surface area contributed by atoms with Crippen LogP contribution in [0.3, 0.4) is 0 Å². The molecule has 2 heterocycles. The van der Waals surface area contributed by atoms with Crippen molar-refractivity contribution in [2.45, 2.75) is 51.0 Å². The lowest BCUT2D eigenvalue weighted by Gasteiger charge is -2.35. The average molecular weight is 358 g/mol. The van der Waals surface area contributed by atoms with Gasteiger partial charge in [-0.05, 0) is 43.9 Å². The van der Waals surface area contributed by atoms with E-state index in [2.05, 4.69) is 5.32 Å². The molecule has 1 saturated heterocycles. The maximum Gasteiger partial charge on any atom is 0.251 e. The highest BCUT2D eigenvalue weighted by Gasteiger charge is 2.29. The van der Waals surface area contributed by atoms with Crippen LogP contribution in [0, 0.1) is 5.92 Å². The average Bonchev–Trinajstić information content (AvgIpc) is 3.16. The molecule has 1 aromatic carbocycles. The molecule has 2 fully saturated rings. The molecule has 0 atom stereocenters. The minimum absolute atomic E-state index is 0.0969. The predicted octanol–water partition coefficient (Wildman–Crippen LogP) is 2.72. The lowest BCUT2D eigenvalue weighted by molar-refractivity contribution is -0.137. The van der Waals surface area contributed by atoms with E-state index in [1.165, 1.54) is 19.3 Å². The molecule has 6 heteroatoms. The Hall–Kier alpha value is -2.24. The first-order valence-electron chi connectivity index (χ1n) is 9.70. The standard InChI is InChI=1S/C20H26N2O4/c23-19(15-6-7-17-18(12-15)26-13-25-17)21-16-8-10-22(11-9-16)20(24)14-4-2-1-3-5-14/h6-7,12,14,16H,1-5,8-11,13H2,(H,21,23). The van der Waals surface area contributed by atoms with Gasteiger partial charge in [-0.25, -0.2) is 0 Å². The van der Waals surface area contributed by atoms with Crippen LogP contribution >= 0.6 is 0 Å². The summed E-state index contributed by atoms with van der Waals surface area (Å²) in [6.45, 7) is 1.68. The molecule has 140 valence electrons. The van der Waals surface area contributed by atoms with Gasteiger partial charge in [0.1, 0.15) is 0 Å². The van der Waals surface area contributed by atoms with E-state index in [0.717, 1.165) is 38.8 Å². The predicted molar refractivity (Wildman–Crippen MR) is 96.2 cm³/mol. The largest absolute Gasteiger partial charge is 0.454 e. The van der Waals surface area contributed by atoms with Gasteiger partial charge in [-0.3, -0.25) is 9.59 Å². The van der Waals surface area contributed by atoms with E-state index in [9.17, 15) is 9.59 Å². The lowest BCUT2D eigenvalue weighted by atomic mass is 9.87. The van der Waals surface area contributed by atoms with Gasteiger partial charge < -0.3 is 19.7 Å². The summed E-state index contributed by atoms with van der Waals surface area (Å²) in [4.78, 5) is 27.1. The van der Waals surface area contributed by atoms with Crippen molar-refractivity contribution in [3.05, 3.63) is 23.8 Å². The summed E-state index contributed by atoms with van der Waals surface area (Å²) in [5.74, 6) is 1.75. The number of nitrogens with one attached hydrogen (secondary N) is 1. The van der Waals surface area contributed by atoms with Crippen molar-refractivity contribution in [3.8, 4) is 11.5 Å². The SMILES string of the molecule is O=C(NC1CCN(C(=O)C2CCCCC2)CC1)c1ccc2c(c1)OCO2. The summed E-state index contributed by atoms with van der Waals surface area (Å²) in [5.41, 5.74) is 0.579. The van der Waals surface area contributed by atoms with Gasteiger partial charge >= 0.3 is 0 Å². The maximum atomic E-state index is 12.6. The maximum absolute atomic E-state index is 12.6. The van der Waals surface area contributed by atoms with Crippen molar-refractivity contribution < 1.29 is 19.1 Å². The molecular formula is C20H26N2O4. The van der Waals surface area contributed by atoms with Gasteiger partial charge in [0.2, 0.25) is 12.7 Å². The first-order valence-corrected chi connectivity index (χ1v) is 9.70. The van der Waals surface area contributed by atoms with E-state index in [-0.39, 0.29) is 24.7 Å². The molecule has 0 bridgehead atoms. The summed E-state index contributed by atoms with van der Waals surface area (Å²) in [7, 11) is 0. The van der Waals surface area contributed by atoms with E-state index in [0.29, 0.717) is 23.0 Å². The van der Waals surface area contributed by atoms with Crippen LogP contribution in [0.5, 0.6) is 11.5 Å². The molecule has 26 heavy (non-hydrogen) atoms. The van der Waals surface area contributed by atoms with E-state index in [1.54, 1.807) is 18.2 Å². The van der Waals surface area contributed by atoms with E-state index in [1.807, 2.05) is 4.90 Å². The Morgan fingerprint density at radius 2 is 1.69 bits per heavy atom. The molecule has 4 rings (SSSR count). The van der Waals surface area contributed by atoms with Crippen LogP contribution in [0.4, 0.5) is 0 Å². The van der Waals surface area contributed by atoms with Gasteiger partial charge in [-0.15, -0.1) is 0 Å². The Morgan fingerprint density at radius 3 is 2.46 bits per heavy atom. The van der Waals surface area contributed by atoms with Crippen molar-refractivity contribution in [1.29, 1.82) is 0 Å². The molecule has 0 radical (unpaired) electrons. The van der Waals surface area contributed by atoms with Crippen LogP contribution in [0.25, 0.3) is 0 Å². The quantitative estimate of drug-likeness (QED) is 0.902. The van der Waals surface area contributed by atoms with Gasteiger partial charge in [0.25, 0.3) is 5.91 Å². The zero-order chi connectivity index (χ0) is 17.9. The summed E-state index contributed by atoms with van der Waals surface area (Å²) >= 11 is 0. The van der Waals surface area contributed by atoms with Gasteiger partial charge in [-0.2, -0.15) is 0 Å². The Balaban J connectivity index is 1.28. The minimum atomic E-state index is -0.0969. The smallest absolute Gasteiger partial charge is 0.251 e. The normalized spacial score (nSPS) is 20.8. The number of carbonyl (C=O) groups excluding carboxylic acids is 2. The van der Waals surface area contributed by atoms with Crippen LogP contribution in [-0.4, -0.2) is 42.6 Å². The monoisotopic (exact) mass is 358 g/mol. The Labute approximate surface area is 153 Å². The number of ether oxygens (including phenoxy) is 2. The highest BCUT2D eigenvalue weighted by Crippen LogP contribution is 2.32. The number of piperidine rings is 1. The Bertz CT molecular complexity index is 676. The number of likely N-dealkylation sites (tertiary alicyclic amines) is 1. The molecule has 1 saturated carbocycles. The van der Waals surface area contributed by atoms with Crippen molar-refractivity contribution in [2.75, 3.05) is 19.9 Å². The second kappa shape index (κ2) is 7.56. The number of hydrogen-bond donors (Lipinski definition) is 1. The number of nitrogens with zero attached hydrogens (tertiary/aromatic N) is 1. The number of fused-ring (bicyclic) bond motifs is 1. The zero-order valence-corrected chi connectivity index (χ0v) is 15.0. The third-order valence-corrected chi connectivity index (χ3v) is 5.73. The van der Waals surface area contributed by atoms with Crippen LogP contribution in [0.1, 0.15) is 55.3 Å². The minimum Gasteiger partial charge on any atom is -0.454 e. The summed E-state index contributed by atoms with van der Waals surface area (Å²) in [6.07, 6.45) is 7.33. The third-order valence-electron chi connectivity index (χ3n) is 5.73.